The van der Waals surface area contributed by atoms with E-state index in [0.717, 1.165) is 43.5 Å². The fraction of sp³-hybridized carbons (Fsp3) is 0.276. The molecule has 3 aromatic carbocycles. The van der Waals surface area contributed by atoms with Crippen LogP contribution in [-0.4, -0.2) is 25.6 Å². The summed E-state index contributed by atoms with van der Waals surface area (Å²) in [4.78, 5) is 11.9. The van der Waals surface area contributed by atoms with Crippen molar-refractivity contribution in [2.75, 3.05) is 19.7 Å². The standard InChI is InChI=1S/C29H31FN2O3/c30-26-13-11-24(12-14-26)19-34-21-29(33)32-16-3-4-22-7-9-23(10-8-22)18-31-17-15-25-20-35-28-6-2-1-5-27(25)28/h1-2,5-14,20,31H,3-4,15-19,21H2,(H,32,33). The van der Waals surface area contributed by atoms with E-state index in [9.17, 15) is 9.18 Å². The number of furan rings is 1. The molecule has 0 aliphatic carbocycles. The highest BCUT2D eigenvalue weighted by Gasteiger charge is 2.05. The number of ether oxygens (including phenoxy) is 1. The third-order valence-corrected chi connectivity index (χ3v) is 5.86. The van der Waals surface area contributed by atoms with Crippen molar-refractivity contribution in [1.29, 1.82) is 0 Å². The maximum Gasteiger partial charge on any atom is 0.246 e. The van der Waals surface area contributed by atoms with E-state index in [1.807, 2.05) is 24.5 Å². The summed E-state index contributed by atoms with van der Waals surface area (Å²) in [6, 6.07) is 22.8. The van der Waals surface area contributed by atoms with Crippen molar-refractivity contribution in [3.8, 4) is 0 Å². The van der Waals surface area contributed by atoms with Crippen LogP contribution in [0.4, 0.5) is 4.39 Å². The van der Waals surface area contributed by atoms with E-state index in [1.54, 1.807) is 12.1 Å². The number of carbonyl (C=O) groups excluding carboxylic acids is 1. The summed E-state index contributed by atoms with van der Waals surface area (Å²) in [6.45, 7) is 2.60. The van der Waals surface area contributed by atoms with E-state index in [1.165, 1.54) is 34.2 Å². The highest BCUT2D eigenvalue weighted by Crippen LogP contribution is 2.20. The van der Waals surface area contributed by atoms with Gasteiger partial charge < -0.3 is 19.8 Å². The van der Waals surface area contributed by atoms with Crippen molar-refractivity contribution >= 4 is 16.9 Å². The average molecular weight is 475 g/mol. The van der Waals surface area contributed by atoms with Gasteiger partial charge in [0.05, 0.1) is 12.9 Å². The molecule has 0 saturated carbocycles. The molecule has 0 radical (unpaired) electrons. The second-order valence-corrected chi connectivity index (χ2v) is 8.57. The molecule has 0 bridgehead atoms. The van der Waals surface area contributed by atoms with Crippen LogP contribution in [0.2, 0.25) is 0 Å². The van der Waals surface area contributed by atoms with Crippen LogP contribution in [0.5, 0.6) is 0 Å². The van der Waals surface area contributed by atoms with Crippen LogP contribution in [0.25, 0.3) is 11.0 Å². The van der Waals surface area contributed by atoms with Crippen LogP contribution >= 0.6 is 0 Å². The molecule has 1 aromatic heterocycles. The van der Waals surface area contributed by atoms with Crippen LogP contribution in [0.1, 0.15) is 28.7 Å². The zero-order valence-corrected chi connectivity index (χ0v) is 19.8. The number of benzene rings is 3. The van der Waals surface area contributed by atoms with Crippen molar-refractivity contribution in [1.82, 2.24) is 10.6 Å². The monoisotopic (exact) mass is 474 g/mol. The molecule has 0 saturated heterocycles. The number of carbonyl (C=O) groups is 1. The molecule has 2 N–H and O–H groups in total. The number of amides is 1. The largest absolute Gasteiger partial charge is 0.464 e. The zero-order valence-electron chi connectivity index (χ0n) is 19.8. The molecule has 0 fully saturated rings. The van der Waals surface area contributed by atoms with Crippen LogP contribution in [0, 0.1) is 5.82 Å². The second kappa shape index (κ2) is 12.8. The van der Waals surface area contributed by atoms with Gasteiger partial charge in [0.15, 0.2) is 0 Å². The first-order valence-corrected chi connectivity index (χ1v) is 12.0. The number of hydrogen-bond donors (Lipinski definition) is 2. The van der Waals surface area contributed by atoms with Crippen molar-refractivity contribution in [3.05, 3.63) is 107 Å². The Morgan fingerprint density at radius 3 is 2.43 bits per heavy atom. The van der Waals surface area contributed by atoms with Gasteiger partial charge in [0.25, 0.3) is 0 Å². The van der Waals surface area contributed by atoms with Gasteiger partial charge in [-0.15, -0.1) is 0 Å². The Bertz CT molecular complexity index is 1200. The molecule has 1 heterocycles. The highest BCUT2D eigenvalue weighted by atomic mass is 19.1. The molecule has 5 nitrogen and oxygen atoms in total. The molecule has 35 heavy (non-hydrogen) atoms. The van der Waals surface area contributed by atoms with Crippen molar-refractivity contribution in [2.45, 2.75) is 32.4 Å². The maximum absolute atomic E-state index is 12.9. The minimum Gasteiger partial charge on any atom is -0.464 e. The third-order valence-electron chi connectivity index (χ3n) is 5.86. The third kappa shape index (κ3) is 7.77. The molecule has 0 aliphatic rings. The van der Waals surface area contributed by atoms with Gasteiger partial charge in [-0.2, -0.15) is 0 Å². The molecule has 0 aliphatic heterocycles. The molecule has 0 atom stereocenters. The molecular formula is C29H31FN2O3. The zero-order chi connectivity index (χ0) is 24.3. The van der Waals surface area contributed by atoms with Gasteiger partial charge in [-0.25, -0.2) is 4.39 Å². The predicted molar refractivity (Wildman–Crippen MR) is 135 cm³/mol. The number of halogens is 1. The second-order valence-electron chi connectivity index (χ2n) is 8.57. The Morgan fingerprint density at radius 2 is 1.60 bits per heavy atom. The molecule has 1 amide bonds. The number of nitrogens with one attached hydrogen (secondary N) is 2. The van der Waals surface area contributed by atoms with Crippen LogP contribution in [0.3, 0.4) is 0 Å². The van der Waals surface area contributed by atoms with Gasteiger partial charge in [0.1, 0.15) is 18.0 Å². The van der Waals surface area contributed by atoms with E-state index in [0.29, 0.717) is 6.54 Å². The lowest BCUT2D eigenvalue weighted by Gasteiger charge is -2.08. The minimum absolute atomic E-state index is 0.00407. The summed E-state index contributed by atoms with van der Waals surface area (Å²) in [5.41, 5.74) is 5.50. The Morgan fingerprint density at radius 1 is 0.857 bits per heavy atom. The minimum atomic E-state index is -0.284. The fourth-order valence-corrected chi connectivity index (χ4v) is 3.92. The van der Waals surface area contributed by atoms with Gasteiger partial charge in [0, 0.05) is 18.5 Å². The van der Waals surface area contributed by atoms with Crippen LogP contribution < -0.4 is 10.6 Å². The van der Waals surface area contributed by atoms with E-state index in [2.05, 4.69) is 41.0 Å². The lowest BCUT2D eigenvalue weighted by atomic mass is 10.1. The Kier molecular flexibility index (Phi) is 9.04. The van der Waals surface area contributed by atoms with Crippen LogP contribution in [-0.2, 0) is 35.5 Å². The lowest BCUT2D eigenvalue weighted by Crippen LogP contribution is -2.28. The smallest absolute Gasteiger partial charge is 0.246 e. The normalized spacial score (nSPS) is 11.1. The summed E-state index contributed by atoms with van der Waals surface area (Å²) in [5, 5.41) is 7.56. The first-order chi connectivity index (χ1) is 17.2. The number of hydrogen-bond acceptors (Lipinski definition) is 4. The molecule has 4 aromatic rings. The van der Waals surface area contributed by atoms with E-state index >= 15 is 0 Å². The maximum atomic E-state index is 12.9. The summed E-state index contributed by atoms with van der Waals surface area (Å²) < 4.78 is 23.9. The van der Waals surface area contributed by atoms with Gasteiger partial charge in [-0.1, -0.05) is 54.6 Å². The predicted octanol–water partition coefficient (Wildman–Crippen LogP) is 5.17. The molecule has 182 valence electrons. The quantitative estimate of drug-likeness (QED) is 0.263. The first-order valence-electron chi connectivity index (χ1n) is 12.0. The van der Waals surface area contributed by atoms with Crippen molar-refractivity contribution in [3.63, 3.8) is 0 Å². The van der Waals surface area contributed by atoms with Crippen molar-refractivity contribution < 1.29 is 18.3 Å². The Hall–Kier alpha value is -3.48. The van der Waals surface area contributed by atoms with Gasteiger partial charge in [0.2, 0.25) is 5.91 Å². The topological polar surface area (TPSA) is 63.5 Å². The molecular weight excluding hydrogens is 443 g/mol. The molecule has 4 rings (SSSR count). The molecule has 0 unspecified atom stereocenters. The number of fused-ring (bicyclic) bond motifs is 1. The molecule has 0 spiro atoms. The highest BCUT2D eigenvalue weighted by molar-refractivity contribution is 5.80. The Labute approximate surface area is 205 Å². The summed E-state index contributed by atoms with van der Waals surface area (Å²) in [5.74, 6) is -0.426. The SMILES string of the molecule is O=C(COCc1ccc(F)cc1)NCCCc1ccc(CNCCc2coc3ccccc23)cc1. The summed E-state index contributed by atoms with van der Waals surface area (Å²) >= 11 is 0. The van der Waals surface area contributed by atoms with Crippen LogP contribution in [0.15, 0.2) is 83.5 Å². The van der Waals surface area contributed by atoms with E-state index in [-0.39, 0.29) is 24.9 Å². The number of aryl methyl sites for hydroxylation is 1. The number of para-hydroxylation sites is 1. The van der Waals surface area contributed by atoms with Gasteiger partial charge in [-0.3, -0.25) is 4.79 Å². The number of rotatable bonds is 13. The lowest BCUT2D eigenvalue weighted by molar-refractivity contribution is -0.126. The summed E-state index contributed by atoms with van der Waals surface area (Å²) in [6.07, 6.45) is 4.54. The fourth-order valence-electron chi connectivity index (χ4n) is 3.92. The summed E-state index contributed by atoms with van der Waals surface area (Å²) in [7, 11) is 0. The molecule has 6 heteroatoms. The van der Waals surface area contributed by atoms with Gasteiger partial charge >= 0.3 is 0 Å². The van der Waals surface area contributed by atoms with E-state index < -0.39 is 0 Å². The Balaban J connectivity index is 1.07. The first kappa shape index (κ1) is 24.6. The average Bonchev–Trinajstić information content (AvgIpc) is 3.29. The van der Waals surface area contributed by atoms with E-state index in [4.69, 9.17) is 9.15 Å². The van der Waals surface area contributed by atoms with Gasteiger partial charge in [-0.05, 0) is 66.3 Å². The van der Waals surface area contributed by atoms with Crippen molar-refractivity contribution in [2.24, 2.45) is 0 Å².